The van der Waals surface area contributed by atoms with Crippen molar-refractivity contribution < 1.29 is 57.5 Å². The van der Waals surface area contributed by atoms with Crippen molar-refractivity contribution >= 4 is 6.29 Å². The van der Waals surface area contributed by atoms with Crippen LogP contribution in [0.5, 0.6) is 0 Å². The van der Waals surface area contributed by atoms with Crippen LogP contribution in [-0.2, 0) is 35.9 Å². The summed E-state index contributed by atoms with van der Waals surface area (Å²) in [7, 11) is 0. The van der Waals surface area contributed by atoms with E-state index in [9.17, 15) is 57.5 Å². The van der Waals surface area contributed by atoms with Gasteiger partial charge < -0.3 is 4.79 Å². The predicted octanol–water partition coefficient (Wildman–Crippen LogP) is 5.50. The highest BCUT2D eigenvalue weighted by Gasteiger charge is 2.53. The first-order valence-electron chi connectivity index (χ1n) is 5.84. The van der Waals surface area contributed by atoms with Crippen molar-refractivity contribution in [3.8, 4) is 0 Å². The van der Waals surface area contributed by atoms with Crippen LogP contribution in [0.15, 0.2) is 6.07 Å². The summed E-state index contributed by atoms with van der Waals surface area (Å²) in [5.74, 6) is 0. The molecule has 0 saturated heterocycles. The van der Waals surface area contributed by atoms with Gasteiger partial charge in [-0.05, 0) is 11.6 Å². The summed E-state index contributed by atoms with van der Waals surface area (Å²) in [5.41, 5.74) is -14.3. The van der Waals surface area contributed by atoms with Crippen molar-refractivity contribution in [2.45, 2.75) is 31.1 Å². The van der Waals surface area contributed by atoms with Crippen LogP contribution in [0.2, 0.25) is 0 Å². The number of carbonyl (C=O) groups excluding carboxylic acids is 1. The molecule has 0 fully saturated rings. The summed E-state index contributed by atoms with van der Waals surface area (Å²) in [4.78, 5) is 10.4. The second-order valence-electron chi connectivity index (χ2n) is 4.56. The molecule has 1 rings (SSSR count). The summed E-state index contributed by atoms with van der Waals surface area (Å²) in [6.07, 6.45) is -26.9. The highest BCUT2D eigenvalue weighted by Crippen LogP contribution is 2.50. The minimum Gasteiger partial charge on any atom is -0.303 e. The lowest BCUT2D eigenvalue weighted by atomic mass is 9.88. The number of carbonyl (C=O) groups is 1. The number of rotatable bonds is 2. The number of benzene rings is 1. The van der Waals surface area contributed by atoms with Gasteiger partial charge >= 0.3 is 24.7 Å². The van der Waals surface area contributed by atoms with E-state index >= 15 is 0 Å². The van der Waals surface area contributed by atoms with Crippen LogP contribution in [-0.4, -0.2) is 6.29 Å². The fourth-order valence-electron chi connectivity index (χ4n) is 2.12. The van der Waals surface area contributed by atoms with Crippen LogP contribution >= 0.6 is 0 Å². The Balaban J connectivity index is 4.24. The van der Waals surface area contributed by atoms with E-state index in [0.717, 1.165) is 0 Å². The Morgan fingerprint density at radius 1 is 0.640 bits per heavy atom. The van der Waals surface area contributed by atoms with Gasteiger partial charge in [-0.3, -0.25) is 0 Å². The normalized spacial score (nSPS) is 13.9. The maximum Gasteiger partial charge on any atom is 0.417 e. The highest BCUT2D eigenvalue weighted by atomic mass is 19.4. The molecule has 0 bridgehead atoms. The standard InChI is InChI=1S/C12H4F12O/c13-9(14,15)5-3-6(10(16,17)18)8(12(22,23)24)4(1-2-25)7(5)11(19,20)21/h2-3H,1H2. The molecule has 0 aliphatic rings. The van der Waals surface area contributed by atoms with Crippen molar-refractivity contribution in [3.05, 3.63) is 33.9 Å². The molecule has 1 aromatic carbocycles. The summed E-state index contributed by atoms with van der Waals surface area (Å²) in [6.45, 7) is 0. The van der Waals surface area contributed by atoms with Gasteiger partial charge in [0, 0.05) is 6.42 Å². The van der Waals surface area contributed by atoms with E-state index in [0.29, 0.717) is 0 Å². The Bertz CT molecular complexity index is 609. The number of hydrogen-bond acceptors (Lipinski definition) is 1. The van der Waals surface area contributed by atoms with Crippen LogP contribution in [0.1, 0.15) is 27.8 Å². The lowest BCUT2D eigenvalue weighted by Gasteiger charge is -2.25. The van der Waals surface area contributed by atoms with Gasteiger partial charge in [-0.25, -0.2) is 0 Å². The third-order valence-corrected chi connectivity index (χ3v) is 2.90. The van der Waals surface area contributed by atoms with Crippen molar-refractivity contribution in [2.24, 2.45) is 0 Å². The molecule has 0 aromatic heterocycles. The SMILES string of the molecule is O=CCc1c(C(F)(F)F)c(C(F)(F)F)cc(C(F)(F)F)c1C(F)(F)F. The van der Waals surface area contributed by atoms with Crippen LogP contribution in [0.25, 0.3) is 0 Å². The molecule has 25 heavy (non-hydrogen) atoms. The average Bonchev–Trinajstić information content (AvgIpc) is 2.32. The van der Waals surface area contributed by atoms with Gasteiger partial charge in [-0.2, -0.15) is 52.7 Å². The number of halogens is 12. The third-order valence-electron chi connectivity index (χ3n) is 2.90. The smallest absolute Gasteiger partial charge is 0.303 e. The fraction of sp³-hybridized carbons (Fsp3) is 0.417. The Hall–Kier alpha value is -1.95. The second-order valence-corrected chi connectivity index (χ2v) is 4.56. The lowest BCUT2D eigenvalue weighted by molar-refractivity contribution is -0.171. The molecular formula is C12H4F12O. The lowest BCUT2D eigenvalue weighted by Crippen LogP contribution is -2.27. The van der Waals surface area contributed by atoms with Crippen LogP contribution < -0.4 is 0 Å². The zero-order valence-corrected chi connectivity index (χ0v) is 11.3. The minimum absolute atomic E-state index is 0.653. The molecule has 0 N–H and O–H groups in total. The van der Waals surface area contributed by atoms with Crippen molar-refractivity contribution in [1.29, 1.82) is 0 Å². The van der Waals surface area contributed by atoms with Crippen LogP contribution in [0.3, 0.4) is 0 Å². The molecule has 0 saturated carbocycles. The van der Waals surface area contributed by atoms with Gasteiger partial charge in [0.25, 0.3) is 0 Å². The Morgan fingerprint density at radius 3 is 1.16 bits per heavy atom. The molecule has 0 amide bonds. The molecule has 142 valence electrons. The van der Waals surface area contributed by atoms with Gasteiger partial charge in [-0.1, -0.05) is 0 Å². The third kappa shape index (κ3) is 4.37. The van der Waals surface area contributed by atoms with Crippen LogP contribution in [0, 0.1) is 0 Å². The van der Waals surface area contributed by atoms with E-state index < -0.39 is 71.3 Å². The largest absolute Gasteiger partial charge is 0.417 e. The first-order chi connectivity index (χ1) is 10.9. The van der Waals surface area contributed by atoms with Crippen molar-refractivity contribution in [1.82, 2.24) is 0 Å². The van der Waals surface area contributed by atoms with Gasteiger partial charge in [0.2, 0.25) is 0 Å². The Morgan fingerprint density at radius 2 is 0.960 bits per heavy atom. The molecule has 1 aromatic rings. The van der Waals surface area contributed by atoms with E-state index in [-0.39, 0.29) is 0 Å². The quantitative estimate of drug-likeness (QED) is 0.480. The Kier molecular flexibility index (Phi) is 5.14. The maximum absolute atomic E-state index is 12.9. The van der Waals surface area contributed by atoms with E-state index in [2.05, 4.69) is 0 Å². The van der Waals surface area contributed by atoms with E-state index in [1.807, 2.05) is 0 Å². The molecule has 0 heterocycles. The van der Waals surface area contributed by atoms with Gasteiger partial charge in [0.15, 0.2) is 0 Å². The molecule has 13 heteroatoms. The second kappa shape index (κ2) is 6.09. The molecule has 1 nitrogen and oxygen atoms in total. The maximum atomic E-state index is 12.9. The zero-order valence-electron chi connectivity index (χ0n) is 11.3. The van der Waals surface area contributed by atoms with Crippen molar-refractivity contribution in [2.75, 3.05) is 0 Å². The number of hydrogen-bond donors (Lipinski definition) is 0. The molecule has 0 aliphatic heterocycles. The van der Waals surface area contributed by atoms with E-state index in [1.165, 1.54) is 0 Å². The topological polar surface area (TPSA) is 17.1 Å². The number of alkyl halides is 12. The van der Waals surface area contributed by atoms with Gasteiger partial charge in [0.1, 0.15) is 6.29 Å². The molecular weight excluding hydrogens is 388 g/mol. The van der Waals surface area contributed by atoms with E-state index in [4.69, 9.17) is 0 Å². The first kappa shape index (κ1) is 21.1. The highest BCUT2D eigenvalue weighted by molar-refractivity contribution is 5.62. The Labute approximate surface area is 130 Å². The molecule has 0 spiro atoms. The molecule has 0 aliphatic carbocycles. The number of aldehydes is 1. The monoisotopic (exact) mass is 392 g/mol. The minimum atomic E-state index is -6.09. The summed E-state index contributed by atoms with van der Waals surface area (Å²) in [6, 6.07) is -1.25. The van der Waals surface area contributed by atoms with E-state index in [1.54, 1.807) is 0 Å². The summed E-state index contributed by atoms with van der Waals surface area (Å²) < 4.78 is 154. The summed E-state index contributed by atoms with van der Waals surface area (Å²) >= 11 is 0. The average molecular weight is 392 g/mol. The summed E-state index contributed by atoms with van der Waals surface area (Å²) in [5, 5.41) is 0. The first-order valence-corrected chi connectivity index (χ1v) is 5.84. The van der Waals surface area contributed by atoms with Gasteiger partial charge in [0.05, 0.1) is 22.3 Å². The molecule has 0 unspecified atom stereocenters. The zero-order chi connectivity index (χ0) is 20.0. The molecule has 0 radical (unpaired) electrons. The fourth-order valence-corrected chi connectivity index (χ4v) is 2.12. The predicted molar refractivity (Wildman–Crippen MR) is 56.2 cm³/mol. The molecule has 0 atom stereocenters. The van der Waals surface area contributed by atoms with Crippen molar-refractivity contribution in [3.63, 3.8) is 0 Å². The van der Waals surface area contributed by atoms with Crippen LogP contribution in [0.4, 0.5) is 52.7 Å². The van der Waals surface area contributed by atoms with Gasteiger partial charge in [-0.15, -0.1) is 0 Å².